The third-order valence-corrected chi connectivity index (χ3v) is 10.0. The van der Waals surface area contributed by atoms with Gasteiger partial charge in [0, 0.05) is 25.1 Å². The summed E-state index contributed by atoms with van der Waals surface area (Å²) in [5.74, 6) is -1.70. The minimum absolute atomic E-state index is 0.0603. The number of hydrogen-bond acceptors (Lipinski definition) is 8. The van der Waals surface area contributed by atoms with Crippen LogP contribution in [0.5, 0.6) is 0 Å². The summed E-state index contributed by atoms with van der Waals surface area (Å²) in [6, 6.07) is 25.0. The zero-order valence-corrected chi connectivity index (χ0v) is 31.1. The molecule has 3 amide bonds. The Morgan fingerprint density at radius 1 is 0.846 bits per heavy atom. The Kier molecular flexibility index (Phi) is 14.0. The maximum absolute atomic E-state index is 13.9. The lowest BCUT2D eigenvalue weighted by molar-refractivity contribution is -0.132. The second-order valence-corrected chi connectivity index (χ2v) is 16.2. The van der Waals surface area contributed by atoms with Crippen LogP contribution in [0.2, 0.25) is 0 Å². The molecule has 4 N–H and O–H groups in total. The molecule has 0 radical (unpaired) electrons. The Balaban J connectivity index is 1.49. The number of carbonyl (C=O) groups excluding carboxylic acids is 3. The zero-order chi connectivity index (χ0) is 37.9. The number of aliphatic hydroxyl groups is 1. The SMILES string of the molecule is CC(C)CN(CC(O)C(Cc1ccccc1)NC(=O)C(NC(=O)CNC(=O)c1ccccc1)C(C)(C)C)S(=O)(=O)C1=COC(Cc2ccccc2)O1. The van der Waals surface area contributed by atoms with Crippen LogP contribution < -0.4 is 16.0 Å². The smallest absolute Gasteiger partial charge is 0.279 e. The number of sulfonamides is 1. The minimum Gasteiger partial charge on any atom is -0.457 e. The molecule has 52 heavy (non-hydrogen) atoms. The van der Waals surface area contributed by atoms with Crippen molar-refractivity contribution in [3.63, 3.8) is 0 Å². The number of carbonyl (C=O) groups is 3. The van der Waals surface area contributed by atoms with Crippen molar-refractivity contribution in [1.29, 1.82) is 0 Å². The molecule has 1 heterocycles. The van der Waals surface area contributed by atoms with Gasteiger partial charge in [0.25, 0.3) is 21.0 Å². The van der Waals surface area contributed by atoms with Crippen LogP contribution in [-0.2, 0) is 41.9 Å². The Bertz CT molecular complexity index is 1760. The molecule has 0 aliphatic carbocycles. The largest absolute Gasteiger partial charge is 0.457 e. The summed E-state index contributed by atoms with van der Waals surface area (Å²) in [5.41, 5.74) is 1.32. The van der Waals surface area contributed by atoms with Crippen LogP contribution in [0.4, 0.5) is 0 Å². The molecule has 4 unspecified atom stereocenters. The van der Waals surface area contributed by atoms with Crippen LogP contribution in [0, 0.1) is 11.3 Å². The van der Waals surface area contributed by atoms with E-state index in [1.165, 1.54) is 0 Å². The first-order valence-corrected chi connectivity index (χ1v) is 18.8. The molecule has 4 atom stereocenters. The lowest BCUT2D eigenvalue weighted by atomic mass is 9.85. The maximum Gasteiger partial charge on any atom is 0.279 e. The fraction of sp³-hybridized carbons (Fsp3) is 0.410. The standard InChI is InChI=1S/C39H50N4O8S/c1-27(2)24-43(52(48,49)35-26-50-34(51-35)22-29-17-11-7-12-18-29)25-32(44)31(21-28-15-9-6-10-16-28)41-38(47)36(39(3,4)5)42-33(45)23-40-37(46)30-19-13-8-14-20-30/h6-20,26-27,31-32,34,36,44H,21-25H2,1-5H3,(H,40,46)(H,41,47)(H,42,45). The van der Waals surface area contributed by atoms with E-state index in [-0.39, 0.29) is 37.1 Å². The molecule has 0 saturated heterocycles. The van der Waals surface area contributed by atoms with Gasteiger partial charge in [-0.3, -0.25) is 14.4 Å². The van der Waals surface area contributed by atoms with Gasteiger partial charge in [-0.05, 0) is 41.0 Å². The zero-order valence-electron chi connectivity index (χ0n) is 30.3. The molecule has 280 valence electrons. The molecule has 0 spiro atoms. The summed E-state index contributed by atoms with van der Waals surface area (Å²) < 4.78 is 40.4. The van der Waals surface area contributed by atoms with E-state index >= 15 is 0 Å². The van der Waals surface area contributed by atoms with E-state index in [1.807, 2.05) is 74.5 Å². The van der Waals surface area contributed by atoms with Gasteiger partial charge >= 0.3 is 0 Å². The van der Waals surface area contributed by atoms with Crippen LogP contribution in [0.15, 0.2) is 102 Å². The highest BCUT2D eigenvalue weighted by atomic mass is 32.2. The van der Waals surface area contributed by atoms with Crippen LogP contribution in [0.3, 0.4) is 0 Å². The number of nitrogens with zero attached hydrogens (tertiary/aromatic N) is 1. The highest BCUT2D eigenvalue weighted by Crippen LogP contribution is 2.27. The number of amides is 3. The summed E-state index contributed by atoms with van der Waals surface area (Å²) in [5, 5.41) is 19.6. The first-order valence-electron chi connectivity index (χ1n) is 17.3. The summed E-state index contributed by atoms with van der Waals surface area (Å²) >= 11 is 0. The third-order valence-electron chi connectivity index (χ3n) is 8.33. The van der Waals surface area contributed by atoms with Gasteiger partial charge in [-0.25, -0.2) is 8.42 Å². The Hall–Kier alpha value is -4.72. The maximum atomic E-state index is 13.9. The van der Waals surface area contributed by atoms with Crippen LogP contribution in [-0.4, -0.2) is 79.7 Å². The van der Waals surface area contributed by atoms with Gasteiger partial charge in [-0.2, -0.15) is 4.31 Å². The van der Waals surface area contributed by atoms with Crippen molar-refractivity contribution in [3.05, 3.63) is 119 Å². The van der Waals surface area contributed by atoms with Crippen LogP contribution >= 0.6 is 0 Å². The van der Waals surface area contributed by atoms with Crippen LogP contribution in [0.1, 0.15) is 56.1 Å². The topological polar surface area (TPSA) is 163 Å². The van der Waals surface area contributed by atoms with Gasteiger partial charge in [-0.15, -0.1) is 0 Å². The molecule has 1 aliphatic rings. The molecule has 13 heteroatoms. The van der Waals surface area contributed by atoms with Gasteiger partial charge in [0.15, 0.2) is 0 Å². The molecule has 3 aromatic carbocycles. The fourth-order valence-electron chi connectivity index (χ4n) is 5.63. The summed E-state index contributed by atoms with van der Waals surface area (Å²) in [7, 11) is -4.26. The number of rotatable bonds is 17. The number of ether oxygens (including phenoxy) is 2. The molecule has 12 nitrogen and oxygen atoms in total. The van der Waals surface area contributed by atoms with Gasteiger partial charge < -0.3 is 30.5 Å². The van der Waals surface area contributed by atoms with Crippen molar-refractivity contribution >= 4 is 27.7 Å². The first kappa shape index (κ1) is 40.1. The van der Waals surface area contributed by atoms with E-state index in [0.29, 0.717) is 12.0 Å². The van der Waals surface area contributed by atoms with E-state index in [4.69, 9.17) is 9.47 Å². The lowest BCUT2D eigenvalue weighted by Crippen LogP contribution is -2.59. The number of nitrogens with one attached hydrogen (secondary N) is 3. The quantitative estimate of drug-likeness (QED) is 0.163. The molecule has 0 saturated carbocycles. The molecular weight excluding hydrogens is 685 g/mol. The molecule has 4 rings (SSSR count). The summed E-state index contributed by atoms with van der Waals surface area (Å²) in [4.78, 5) is 39.4. The fourth-order valence-corrected chi connectivity index (χ4v) is 7.14. The first-order chi connectivity index (χ1) is 24.6. The highest BCUT2D eigenvalue weighted by Gasteiger charge is 2.39. The normalized spacial score (nSPS) is 16.2. The predicted molar refractivity (Wildman–Crippen MR) is 198 cm³/mol. The number of hydrogen-bond donors (Lipinski definition) is 4. The van der Waals surface area contributed by atoms with Crippen molar-refractivity contribution in [1.82, 2.24) is 20.3 Å². The van der Waals surface area contributed by atoms with Gasteiger partial charge in [0.2, 0.25) is 18.1 Å². The van der Waals surface area contributed by atoms with Crippen molar-refractivity contribution in [2.45, 2.75) is 71.9 Å². The third kappa shape index (κ3) is 11.7. The molecule has 1 aliphatic heterocycles. The van der Waals surface area contributed by atoms with Crippen LogP contribution in [0.25, 0.3) is 0 Å². The van der Waals surface area contributed by atoms with Gasteiger partial charge in [-0.1, -0.05) is 113 Å². The van der Waals surface area contributed by atoms with E-state index in [1.54, 1.807) is 51.1 Å². The van der Waals surface area contributed by atoms with E-state index < -0.39 is 57.6 Å². The summed E-state index contributed by atoms with van der Waals surface area (Å²) in [6.45, 7) is 8.39. The number of aliphatic hydroxyl groups excluding tert-OH is 1. The molecule has 0 aromatic heterocycles. The number of benzene rings is 3. The van der Waals surface area contributed by atoms with E-state index in [0.717, 1.165) is 21.7 Å². The Morgan fingerprint density at radius 2 is 1.42 bits per heavy atom. The molecular formula is C39H50N4O8S. The average molecular weight is 735 g/mol. The highest BCUT2D eigenvalue weighted by molar-refractivity contribution is 7.92. The second-order valence-electron chi connectivity index (χ2n) is 14.3. The predicted octanol–water partition coefficient (Wildman–Crippen LogP) is 3.74. The molecule has 3 aromatic rings. The molecule has 0 bridgehead atoms. The minimum atomic E-state index is -4.26. The van der Waals surface area contributed by atoms with Crippen molar-refractivity contribution < 1.29 is 37.4 Å². The monoisotopic (exact) mass is 734 g/mol. The van der Waals surface area contributed by atoms with Crippen molar-refractivity contribution in [3.8, 4) is 0 Å². The molecule has 0 fully saturated rings. The second kappa shape index (κ2) is 18.2. The van der Waals surface area contributed by atoms with E-state index in [9.17, 15) is 27.9 Å². The van der Waals surface area contributed by atoms with Gasteiger partial charge in [0.05, 0.1) is 18.7 Å². The Labute approximate surface area is 306 Å². The average Bonchev–Trinajstić information content (AvgIpc) is 3.59. The van der Waals surface area contributed by atoms with Crippen molar-refractivity contribution in [2.75, 3.05) is 19.6 Å². The van der Waals surface area contributed by atoms with Crippen molar-refractivity contribution in [2.24, 2.45) is 11.3 Å². The van der Waals surface area contributed by atoms with Gasteiger partial charge in [0.1, 0.15) is 12.3 Å². The Morgan fingerprint density at radius 3 is 2.00 bits per heavy atom. The summed E-state index contributed by atoms with van der Waals surface area (Å²) in [6.07, 6.45) is -0.617. The van der Waals surface area contributed by atoms with E-state index in [2.05, 4.69) is 16.0 Å². The lowest BCUT2D eigenvalue weighted by Gasteiger charge is -2.34.